The molecular weight excluding hydrogens is 191 g/mol. The summed E-state index contributed by atoms with van der Waals surface area (Å²) >= 11 is 0. The Balaban J connectivity index is 2.44. The van der Waals surface area contributed by atoms with Gasteiger partial charge in [0.25, 0.3) is 0 Å². The Morgan fingerprint density at radius 1 is 1.40 bits per heavy atom. The number of halogens is 1. The highest BCUT2D eigenvalue weighted by Gasteiger charge is 2.26. The van der Waals surface area contributed by atoms with Crippen LogP contribution in [0, 0.1) is 11.2 Å². The highest BCUT2D eigenvalue weighted by molar-refractivity contribution is 5.71. The van der Waals surface area contributed by atoms with Gasteiger partial charge in [-0.25, -0.2) is 4.39 Å². The van der Waals surface area contributed by atoms with Crippen molar-refractivity contribution in [3.63, 3.8) is 0 Å². The van der Waals surface area contributed by atoms with Gasteiger partial charge in [-0.1, -0.05) is 19.9 Å². The van der Waals surface area contributed by atoms with Crippen molar-refractivity contribution in [3.05, 3.63) is 24.0 Å². The van der Waals surface area contributed by atoms with Crippen molar-refractivity contribution in [3.8, 4) is 0 Å². The van der Waals surface area contributed by atoms with Crippen LogP contribution in [-0.4, -0.2) is 20.1 Å². The Bertz CT molecular complexity index is 374. The molecule has 0 aliphatic carbocycles. The molecule has 0 spiro atoms. The Morgan fingerprint density at radius 2 is 2.13 bits per heavy atom. The molecule has 0 saturated carbocycles. The van der Waals surface area contributed by atoms with Gasteiger partial charge < -0.3 is 10.2 Å². The fourth-order valence-corrected chi connectivity index (χ4v) is 2.12. The third kappa shape index (κ3) is 1.91. The molecule has 0 unspecified atom stereocenters. The van der Waals surface area contributed by atoms with E-state index in [1.807, 2.05) is 13.1 Å². The molecular formula is C12H17FN2. The summed E-state index contributed by atoms with van der Waals surface area (Å²) in [6.07, 6.45) is 0. The second kappa shape index (κ2) is 3.40. The van der Waals surface area contributed by atoms with E-state index in [0.717, 1.165) is 18.8 Å². The number of fused-ring (bicyclic) bond motifs is 1. The summed E-state index contributed by atoms with van der Waals surface area (Å²) in [5.41, 5.74) is 1.73. The lowest BCUT2D eigenvalue weighted by molar-refractivity contribution is 0.402. The second-order valence-electron chi connectivity index (χ2n) is 5.01. The van der Waals surface area contributed by atoms with Crippen molar-refractivity contribution in [2.75, 3.05) is 30.4 Å². The van der Waals surface area contributed by atoms with Crippen LogP contribution in [0.4, 0.5) is 15.8 Å². The van der Waals surface area contributed by atoms with Gasteiger partial charge in [0.1, 0.15) is 5.82 Å². The molecule has 0 radical (unpaired) electrons. The largest absolute Gasteiger partial charge is 0.380 e. The monoisotopic (exact) mass is 208 g/mol. The van der Waals surface area contributed by atoms with E-state index in [9.17, 15) is 4.39 Å². The summed E-state index contributed by atoms with van der Waals surface area (Å²) in [6.45, 7) is 6.09. The van der Waals surface area contributed by atoms with Gasteiger partial charge >= 0.3 is 0 Å². The van der Waals surface area contributed by atoms with E-state index in [-0.39, 0.29) is 11.2 Å². The van der Waals surface area contributed by atoms with Crippen molar-refractivity contribution >= 4 is 11.4 Å². The van der Waals surface area contributed by atoms with Gasteiger partial charge in [0, 0.05) is 20.1 Å². The quantitative estimate of drug-likeness (QED) is 0.705. The Morgan fingerprint density at radius 3 is 2.87 bits per heavy atom. The van der Waals surface area contributed by atoms with Crippen LogP contribution in [0.15, 0.2) is 18.2 Å². The predicted octanol–water partition coefficient (Wildman–Crippen LogP) is 2.71. The lowest BCUT2D eigenvalue weighted by atomic mass is 9.93. The number of hydrogen-bond acceptors (Lipinski definition) is 2. The van der Waals surface area contributed by atoms with Gasteiger partial charge in [-0.3, -0.25) is 0 Å². The number of hydrogen-bond donors (Lipinski definition) is 1. The maximum absolute atomic E-state index is 13.6. The molecule has 0 bridgehead atoms. The van der Waals surface area contributed by atoms with E-state index in [1.54, 1.807) is 6.07 Å². The second-order valence-corrected chi connectivity index (χ2v) is 5.01. The first-order valence-corrected chi connectivity index (χ1v) is 5.23. The molecule has 2 rings (SSSR count). The number of nitrogens with zero attached hydrogens (tertiary/aromatic N) is 1. The smallest absolute Gasteiger partial charge is 0.148 e. The van der Waals surface area contributed by atoms with Crippen molar-refractivity contribution in [1.29, 1.82) is 0 Å². The SMILES string of the molecule is CN1CC(C)(C)CNc2c(F)cccc21. The van der Waals surface area contributed by atoms with Gasteiger partial charge in [0.15, 0.2) is 0 Å². The number of anilines is 2. The molecule has 0 saturated heterocycles. The average molecular weight is 208 g/mol. The van der Waals surface area contributed by atoms with Crippen LogP contribution in [-0.2, 0) is 0 Å². The molecule has 1 aliphatic heterocycles. The lowest BCUT2D eigenvalue weighted by Crippen LogP contribution is -2.33. The number of para-hydroxylation sites is 1. The fraction of sp³-hybridized carbons (Fsp3) is 0.500. The fourth-order valence-electron chi connectivity index (χ4n) is 2.12. The minimum absolute atomic E-state index is 0.153. The van der Waals surface area contributed by atoms with Crippen LogP contribution in [0.1, 0.15) is 13.8 Å². The zero-order valence-electron chi connectivity index (χ0n) is 9.47. The maximum Gasteiger partial charge on any atom is 0.148 e. The van der Waals surface area contributed by atoms with Gasteiger partial charge in [-0.05, 0) is 17.5 Å². The van der Waals surface area contributed by atoms with Gasteiger partial charge in [-0.2, -0.15) is 0 Å². The summed E-state index contributed by atoms with van der Waals surface area (Å²) in [7, 11) is 2.01. The molecule has 1 aromatic carbocycles. The normalized spacial score (nSPS) is 19.1. The molecule has 0 aromatic heterocycles. The molecule has 82 valence electrons. The Labute approximate surface area is 90.1 Å². The number of nitrogens with one attached hydrogen (secondary N) is 1. The lowest BCUT2D eigenvalue weighted by Gasteiger charge is -2.27. The van der Waals surface area contributed by atoms with Crippen LogP contribution in [0.5, 0.6) is 0 Å². The topological polar surface area (TPSA) is 15.3 Å². The summed E-state index contributed by atoms with van der Waals surface area (Å²) < 4.78 is 13.6. The molecule has 1 heterocycles. The van der Waals surface area contributed by atoms with E-state index in [4.69, 9.17) is 0 Å². The molecule has 3 heteroatoms. The number of benzene rings is 1. The average Bonchev–Trinajstić information content (AvgIpc) is 2.25. The van der Waals surface area contributed by atoms with E-state index in [1.165, 1.54) is 6.07 Å². The molecule has 1 aromatic rings. The van der Waals surface area contributed by atoms with Crippen LogP contribution in [0.3, 0.4) is 0 Å². The van der Waals surface area contributed by atoms with Crippen LogP contribution in [0.2, 0.25) is 0 Å². The molecule has 1 N–H and O–H groups in total. The first-order chi connectivity index (χ1) is 6.99. The van der Waals surface area contributed by atoms with E-state index in [0.29, 0.717) is 5.69 Å². The Hall–Kier alpha value is -1.25. The highest BCUT2D eigenvalue weighted by Crippen LogP contribution is 2.33. The zero-order chi connectivity index (χ0) is 11.1. The first-order valence-electron chi connectivity index (χ1n) is 5.23. The summed E-state index contributed by atoms with van der Waals surface area (Å²) in [5.74, 6) is -0.169. The zero-order valence-corrected chi connectivity index (χ0v) is 9.47. The minimum Gasteiger partial charge on any atom is -0.380 e. The predicted molar refractivity (Wildman–Crippen MR) is 61.9 cm³/mol. The molecule has 1 aliphatic rings. The van der Waals surface area contributed by atoms with Crippen LogP contribution < -0.4 is 10.2 Å². The van der Waals surface area contributed by atoms with Gasteiger partial charge in [-0.15, -0.1) is 0 Å². The van der Waals surface area contributed by atoms with Crippen LogP contribution in [0.25, 0.3) is 0 Å². The highest BCUT2D eigenvalue weighted by atomic mass is 19.1. The first kappa shape index (κ1) is 10.3. The minimum atomic E-state index is -0.169. The van der Waals surface area contributed by atoms with E-state index in [2.05, 4.69) is 24.1 Å². The maximum atomic E-state index is 13.6. The standard InChI is InChI=1S/C12H17FN2/c1-12(2)7-14-11-9(13)5-4-6-10(11)15(3)8-12/h4-6,14H,7-8H2,1-3H3. The summed E-state index contributed by atoms with van der Waals surface area (Å²) in [4.78, 5) is 2.11. The van der Waals surface area contributed by atoms with Crippen LogP contribution >= 0.6 is 0 Å². The van der Waals surface area contributed by atoms with Crippen molar-refractivity contribution in [1.82, 2.24) is 0 Å². The van der Waals surface area contributed by atoms with Crippen molar-refractivity contribution < 1.29 is 4.39 Å². The van der Waals surface area contributed by atoms with E-state index >= 15 is 0 Å². The van der Waals surface area contributed by atoms with E-state index < -0.39 is 0 Å². The third-order valence-corrected chi connectivity index (χ3v) is 2.81. The number of rotatable bonds is 0. The summed E-state index contributed by atoms with van der Waals surface area (Å²) in [5, 5.41) is 3.20. The van der Waals surface area contributed by atoms with Crippen molar-refractivity contribution in [2.24, 2.45) is 5.41 Å². The molecule has 0 amide bonds. The molecule has 0 fully saturated rings. The Kier molecular flexibility index (Phi) is 2.33. The third-order valence-electron chi connectivity index (χ3n) is 2.81. The van der Waals surface area contributed by atoms with Gasteiger partial charge in [0.05, 0.1) is 11.4 Å². The summed E-state index contributed by atoms with van der Waals surface area (Å²) in [6, 6.07) is 5.20. The molecule has 2 nitrogen and oxygen atoms in total. The van der Waals surface area contributed by atoms with Crippen molar-refractivity contribution in [2.45, 2.75) is 13.8 Å². The molecule has 0 atom stereocenters. The van der Waals surface area contributed by atoms with Gasteiger partial charge in [0.2, 0.25) is 0 Å². The molecule has 15 heavy (non-hydrogen) atoms.